The Hall–Kier alpha value is -3.38. The number of carbonyl (C=O) groups excluding carboxylic acids is 2. The van der Waals surface area contributed by atoms with Crippen LogP contribution in [0.5, 0.6) is 0 Å². The molecule has 0 unspecified atom stereocenters. The third-order valence-corrected chi connectivity index (χ3v) is 7.37. The van der Waals surface area contributed by atoms with Gasteiger partial charge in [0.25, 0.3) is 11.8 Å². The van der Waals surface area contributed by atoms with Gasteiger partial charge in [-0.2, -0.15) is 0 Å². The molecule has 2 amide bonds. The zero-order chi connectivity index (χ0) is 24.2. The van der Waals surface area contributed by atoms with Gasteiger partial charge >= 0.3 is 0 Å². The van der Waals surface area contributed by atoms with Crippen molar-refractivity contribution in [2.75, 3.05) is 5.32 Å². The largest absolute Gasteiger partial charge is 0.353 e. The number of benzene rings is 3. The number of hydrogen-bond donors (Lipinski definition) is 2. The van der Waals surface area contributed by atoms with Gasteiger partial charge < -0.3 is 10.6 Å². The number of para-hydroxylation sites is 1. The second-order valence-electron chi connectivity index (χ2n) is 9.05. The number of halogens is 1. The SMILES string of the molecule is O=C(NC1CCCCC1)C1=C(c2ccccc2)Nc2ccccc2CN1C(=O)c1ccccc1Br. The van der Waals surface area contributed by atoms with Gasteiger partial charge in [0.1, 0.15) is 5.70 Å². The number of rotatable bonds is 4. The van der Waals surface area contributed by atoms with Gasteiger partial charge in [-0.1, -0.05) is 79.9 Å². The standard InChI is InChI=1S/C29H28BrN3O2/c30-24-17-9-8-16-23(24)29(35)33-19-21-13-7-10-18-25(21)32-26(20-11-3-1-4-12-20)27(33)28(34)31-22-14-5-2-6-15-22/h1,3-4,7-13,16-18,22,32H,2,5-6,14-15,19H2,(H,31,34). The second-order valence-corrected chi connectivity index (χ2v) is 9.91. The molecule has 0 atom stereocenters. The van der Waals surface area contributed by atoms with E-state index in [0.717, 1.165) is 42.5 Å². The van der Waals surface area contributed by atoms with Crippen LogP contribution < -0.4 is 10.6 Å². The molecule has 178 valence electrons. The Balaban J connectivity index is 1.66. The molecular weight excluding hydrogens is 502 g/mol. The van der Waals surface area contributed by atoms with Crippen molar-refractivity contribution < 1.29 is 9.59 Å². The van der Waals surface area contributed by atoms with E-state index in [2.05, 4.69) is 26.6 Å². The molecule has 5 rings (SSSR count). The number of nitrogens with zero attached hydrogens (tertiary/aromatic N) is 1. The van der Waals surface area contributed by atoms with Crippen molar-refractivity contribution >= 4 is 39.1 Å². The quantitative estimate of drug-likeness (QED) is 0.414. The van der Waals surface area contributed by atoms with E-state index in [4.69, 9.17) is 0 Å². The number of fused-ring (bicyclic) bond motifs is 1. The van der Waals surface area contributed by atoms with E-state index in [0.29, 0.717) is 21.4 Å². The van der Waals surface area contributed by atoms with Gasteiger partial charge in [0.05, 0.1) is 17.8 Å². The van der Waals surface area contributed by atoms with E-state index in [9.17, 15) is 9.59 Å². The molecule has 0 saturated heterocycles. The summed E-state index contributed by atoms with van der Waals surface area (Å²) in [6, 6.07) is 25.1. The fourth-order valence-electron chi connectivity index (χ4n) is 4.86. The highest BCUT2D eigenvalue weighted by molar-refractivity contribution is 9.10. The number of carbonyl (C=O) groups is 2. The van der Waals surface area contributed by atoms with Crippen LogP contribution in [0.1, 0.15) is 53.6 Å². The predicted octanol–water partition coefficient (Wildman–Crippen LogP) is 6.33. The van der Waals surface area contributed by atoms with E-state index < -0.39 is 0 Å². The van der Waals surface area contributed by atoms with Crippen molar-refractivity contribution in [1.82, 2.24) is 10.2 Å². The first kappa shape index (κ1) is 23.4. The predicted molar refractivity (Wildman–Crippen MR) is 142 cm³/mol. The maximum atomic E-state index is 14.0. The minimum atomic E-state index is -0.225. The molecule has 1 heterocycles. The summed E-state index contributed by atoms with van der Waals surface area (Å²) >= 11 is 3.53. The Labute approximate surface area is 214 Å². The van der Waals surface area contributed by atoms with Gasteiger partial charge in [0.2, 0.25) is 0 Å². The van der Waals surface area contributed by atoms with E-state index in [1.54, 1.807) is 11.0 Å². The van der Waals surface area contributed by atoms with E-state index in [1.165, 1.54) is 6.42 Å². The van der Waals surface area contributed by atoms with Gasteiger partial charge in [-0.3, -0.25) is 14.5 Å². The summed E-state index contributed by atoms with van der Waals surface area (Å²) in [6.45, 7) is 0.285. The molecule has 3 aromatic rings. The number of amides is 2. The fraction of sp³-hybridized carbons (Fsp3) is 0.241. The second kappa shape index (κ2) is 10.5. The highest BCUT2D eigenvalue weighted by Gasteiger charge is 2.33. The minimum absolute atomic E-state index is 0.117. The molecule has 0 radical (unpaired) electrons. The smallest absolute Gasteiger partial charge is 0.270 e. The molecule has 2 N–H and O–H groups in total. The number of nitrogens with one attached hydrogen (secondary N) is 2. The van der Waals surface area contributed by atoms with Crippen LogP contribution in [0.4, 0.5) is 5.69 Å². The Morgan fingerprint density at radius 3 is 2.31 bits per heavy atom. The molecule has 0 aromatic heterocycles. The summed E-state index contributed by atoms with van der Waals surface area (Å²) in [4.78, 5) is 29.6. The van der Waals surface area contributed by atoms with Crippen LogP contribution in [-0.2, 0) is 11.3 Å². The molecule has 1 aliphatic carbocycles. The Morgan fingerprint density at radius 2 is 1.54 bits per heavy atom. The highest BCUT2D eigenvalue weighted by atomic mass is 79.9. The third kappa shape index (κ3) is 5.03. The van der Waals surface area contributed by atoms with Crippen molar-refractivity contribution in [3.05, 3.63) is 106 Å². The molecule has 1 fully saturated rings. The molecule has 0 spiro atoms. The summed E-state index contributed by atoms with van der Waals surface area (Å²) in [7, 11) is 0. The number of hydrogen-bond acceptors (Lipinski definition) is 3. The normalized spacial score (nSPS) is 16.2. The lowest BCUT2D eigenvalue weighted by molar-refractivity contribution is -0.119. The van der Waals surface area contributed by atoms with Crippen molar-refractivity contribution in [3.8, 4) is 0 Å². The van der Waals surface area contributed by atoms with Crippen molar-refractivity contribution in [2.45, 2.75) is 44.7 Å². The Morgan fingerprint density at radius 1 is 0.857 bits per heavy atom. The first-order valence-corrected chi connectivity index (χ1v) is 12.9. The molecular formula is C29H28BrN3O2. The summed E-state index contributed by atoms with van der Waals surface area (Å²) in [5.41, 5.74) is 4.17. The molecule has 1 aliphatic heterocycles. The van der Waals surface area contributed by atoms with Gasteiger partial charge in [0, 0.05) is 21.8 Å². The van der Waals surface area contributed by atoms with Crippen LogP contribution in [0.3, 0.4) is 0 Å². The first-order chi connectivity index (χ1) is 17.1. The average molecular weight is 530 g/mol. The van der Waals surface area contributed by atoms with Gasteiger partial charge in [-0.05, 0) is 52.5 Å². The monoisotopic (exact) mass is 529 g/mol. The van der Waals surface area contributed by atoms with E-state index in [1.807, 2.05) is 72.8 Å². The van der Waals surface area contributed by atoms with Crippen LogP contribution in [0, 0.1) is 0 Å². The third-order valence-electron chi connectivity index (χ3n) is 6.68. The maximum absolute atomic E-state index is 14.0. The maximum Gasteiger partial charge on any atom is 0.270 e. The summed E-state index contributed by atoms with van der Waals surface area (Å²) < 4.78 is 0.698. The molecule has 1 saturated carbocycles. The average Bonchev–Trinajstić information content (AvgIpc) is 3.07. The number of anilines is 1. The molecule has 6 heteroatoms. The van der Waals surface area contributed by atoms with Gasteiger partial charge in [-0.15, -0.1) is 0 Å². The zero-order valence-electron chi connectivity index (χ0n) is 19.5. The van der Waals surface area contributed by atoms with Crippen molar-refractivity contribution in [2.24, 2.45) is 0 Å². The van der Waals surface area contributed by atoms with Crippen LogP contribution in [0.2, 0.25) is 0 Å². The lowest BCUT2D eigenvalue weighted by Crippen LogP contribution is -2.43. The Bertz CT molecular complexity index is 1270. The first-order valence-electron chi connectivity index (χ1n) is 12.1. The van der Waals surface area contributed by atoms with Gasteiger partial charge in [0.15, 0.2) is 0 Å². The molecule has 2 aliphatic rings. The summed E-state index contributed by atoms with van der Waals surface area (Å²) in [6.07, 6.45) is 5.35. The van der Waals surface area contributed by atoms with Gasteiger partial charge in [-0.25, -0.2) is 0 Å². The topological polar surface area (TPSA) is 61.4 Å². The lowest BCUT2D eigenvalue weighted by atomic mass is 9.95. The molecule has 3 aromatic carbocycles. The zero-order valence-corrected chi connectivity index (χ0v) is 21.1. The van der Waals surface area contributed by atoms with Crippen molar-refractivity contribution in [3.63, 3.8) is 0 Å². The fourth-order valence-corrected chi connectivity index (χ4v) is 5.32. The summed E-state index contributed by atoms with van der Waals surface area (Å²) in [5, 5.41) is 6.76. The van der Waals surface area contributed by atoms with Crippen LogP contribution in [-0.4, -0.2) is 22.8 Å². The molecule has 35 heavy (non-hydrogen) atoms. The van der Waals surface area contributed by atoms with Crippen molar-refractivity contribution in [1.29, 1.82) is 0 Å². The highest BCUT2D eigenvalue weighted by Crippen LogP contribution is 2.34. The van der Waals surface area contributed by atoms with Crippen LogP contribution >= 0.6 is 15.9 Å². The van der Waals surface area contributed by atoms with Crippen LogP contribution in [0.15, 0.2) is 89.0 Å². The summed E-state index contributed by atoms with van der Waals surface area (Å²) in [5.74, 6) is -0.449. The molecule has 0 bridgehead atoms. The van der Waals surface area contributed by atoms with E-state index >= 15 is 0 Å². The molecule has 5 nitrogen and oxygen atoms in total. The lowest BCUT2D eigenvalue weighted by Gasteiger charge is -2.29. The van der Waals surface area contributed by atoms with E-state index in [-0.39, 0.29) is 24.4 Å². The van der Waals surface area contributed by atoms with Crippen LogP contribution in [0.25, 0.3) is 5.70 Å². The Kier molecular flexibility index (Phi) is 7.00. The minimum Gasteiger partial charge on any atom is -0.353 e.